The van der Waals surface area contributed by atoms with E-state index >= 15 is 0 Å². The molecule has 0 radical (unpaired) electrons. The minimum atomic E-state index is -0.354. The van der Waals surface area contributed by atoms with Gasteiger partial charge < -0.3 is 10.0 Å². The van der Waals surface area contributed by atoms with Gasteiger partial charge in [-0.15, -0.1) is 0 Å². The number of nitrogens with zero attached hydrogens (tertiary/aromatic N) is 2. The van der Waals surface area contributed by atoms with Gasteiger partial charge in [-0.3, -0.25) is 9.78 Å². The van der Waals surface area contributed by atoms with E-state index in [4.69, 9.17) is 0 Å². The van der Waals surface area contributed by atoms with Gasteiger partial charge in [-0.25, -0.2) is 4.39 Å². The molecule has 4 nitrogen and oxygen atoms in total. The number of pyridine rings is 1. The molecule has 4 rings (SSSR count). The Morgan fingerprint density at radius 1 is 1.24 bits per heavy atom. The van der Waals surface area contributed by atoms with Crippen LogP contribution in [0.4, 0.5) is 4.39 Å². The Kier molecular flexibility index (Phi) is 4.42. The Bertz CT molecular complexity index is 802. The van der Waals surface area contributed by atoms with E-state index in [0.717, 1.165) is 37.8 Å². The lowest BCUT2D eigenvalue weighted by atomic mass is 9.97. The monoisotopic (exact) mass is 342 g/mol. The van der Waals surface area contributed by atoms with E-state index < -0.39 is 0 Å². The van der Waals surface area contributed by atoms with E-state index in [1.807, 2.05) is 11.0 Å². The number of hydrogen-bond donors (Lipinski definition) is 1. The zero-order chi connectivity index (χ0) is 17.4. The maximum Gasteiger partial charge on any atom is 0.254 e. The van der Waals surface area contributed by atoms with Crippen molar-refractivity contribution in [2.45, 2.75) is 50.5 Å². The van der Waals surface area contributed by atoms with Crippen molar-refractivity contribution in [3.63, 3.8) is 0 Å². The molecule has 1 aliphatic heterocycles. The van der Waals surface area contributed by atoms with E-state index in [9.17, 15) is 14.3 Å². The molecular weight excluding hydrogens is 319 g/mol. The first-order valence-corrected chi connectivity index (χ1v) is 9.19. The first-order chi connectivity index (χ1) is 12.2. The third kappa shape index (κ3) is 3.25. The lowest BCUT2D eigenvalue weighted by molar-refractivity contribution is 0.0576. The summed E-state index contributed by atoms with van der Waals surface area (Å²) in [5, 5.41) is 9.91. The molecule has 5 heteroatoms. The number of rotatable bonds is 4. The van der Waals surface area contributed by atoms with Crippen LogP contribution in [0, 0.1) is 5.82 Å². The van der Waals surface area contributed by atoms with Crippen LogP contribution in [0.1, 0.15) is 60.5 Å². The van der Waals surface area contributed by atoms with Gasteiger partial charge in [0.15, 0.2) is 0 Å². The molecular formula is C20H23FN2O2. The summed E-state index contributed by atoms with van der Waals surface area (Å²) in [5.41, 5.74) is 2.18. The first kappa shape index (κ1) is 16.5. The first-order valence-electron chi connectivity index (χ1n) is 9.19. The molecule has 25 heavy (non-hydrogen) atoms. The number of piperidine rings is 1. The SMILES string of the molecule is O=C(c1cc(C2CC2)nc2ccc(F)cc12)N1CCCCC1CCO. The van der Waals surface area contributed by atoms with Gasteiger partial charge >= 0.3 is 0 Å². The van der Waals surface area contributed by atoms with Gasteiger partial charge in [0.2, 0.25) is 0 Å². The second kappa shape index (κ2) is 6.71. The summed E-state index contributed by atoms with van der Waals surface area (Å²) in [5.74, 6) is 0.0155. The Balaban J connectivity index is 1.78. The summed E-state index contributed by atoms with van der Waals surface area (Å²) < 4.78 is 13.8. The molecule has 1 amide bonds. The van der Waals surface area contributed by atoms with Gasteiger partial charge in [0.1, 0.15) is 5.82 Å². The summed E-state index contributed by atoms with van der Waals surface area (Å²) in [6.45, 7) is 0.773. The maximum atomic E-state index is 13.8. The smallest absolute Gasteiger partial charge is 0.254 e. The van der Waals surface area contributed by atoms with Gasteiger partial charge in [0.25, 0.3) is 5.91 Å². The molecule has 1 unspecified atom stereocenters. The number of carbonyl (C=O) groups excluding carboxylic acids is 1. The van der Waals surface area contributed by atoms with Gasteiger partial charge in [-0.1, -0.05) is 0 Å². The van der Waals surface area contributed by atoms with Crippen LogP contribution in [-0.4, -0.2) is 40.1 Å². The zero-order valence-electron chi connectivity index (χ0n) is 14.2. The van der Waals surface area contributed by atoms with E-state index in [1.165, 1.54) is 12.1 Å². The number of amides is 1. The number of aromatic nitrogens is 1. The molecule has 132 valence electrons. The van der Waals surface area contributed by atoms with Gasteiger partial charge in [-0.05, 0) is 62.8 Å². The Morgan fingerprint density at radius 3 is 2.84 bits per heavy atom. The van der Waals surface area contributed by atoms with Crippen LogP contribution in [-0.2, 0) is 0 Å². The number of benzene rings is 1. The molecule has 2 fully saturated rings. The molecule has 2 heterocycles. The molecule has 1 aromatic heterocycles. The Hall–Kier alpha value is -2.01. The average molecular weight is 342 g/mol. The van der Waals surface area contributed by atoms with E-state index in [2.05, 4.69) is 4.98 Å². The second-order valence-corrected chi connectivity index (χ2v) is 7.19. The predicted molar refractivity (Wildman–Crippen MR) is 94.1 cm³/mol. The molecule has 2 aliphatic rings. The topological polar surface area (TPSA) is 53.4 Å². The second-order valence-electron chi connectivity index (χ2n) is 7.19. The molecule has 1 N–H and O–H groups in total. The Morgan fingerprint density at radius 2 is 2.08 bits per heavy atom. The van der Waals surface area contributed by atoms with Gasteiger partial charge in [-0.2, -0.15) is 0 Å². The third-order valence-electron chi connectivity index (χ3n) is 5.37. The van der Waals surface area contributed by atoms with Crippen molar-refractivity contribution < 1.29 is 14.3 Å². The minimum Gasteiger partial charge on any atom is -0.396 e. The fourth-order valence-corrected chi connectivity index (χ4v) is 3.86. The highest BCUT2D eigenvalue weighted by Crippen LogP contribution is 2.40. The highest BCUT2D eigenvalue weighted by molar-refractivity contribution is 6.06. The normalized spacial score (nSPS) is 20.9. The number of halogens is 1. The van der Waals surface area contributed by atoms with Gasteiger partial charge in [0.05, 0.1) is 11.1 Å². The predicted octanol–water partition coefficient (Wildman–Crippen LogP) is 3.63. The van der Waals surface area contributed by atoms with Crippen LogP contribution < -0.4 is 0 Å². The summed E-state index contributed by atoms with van der Waals surface area (Å²) >= 11 is 0. The van der Waals surface area contributed by atoms with E-state index in [1.54, 1.807) is 6.07 Å². The van der Waals surface area contributed by atoms with Crippen LogP contribution in [0.3, 0.4) is 0 Å². The summed E-state index contributed by atoms with van der Waals surface area (Å²) in [4.78, 5) is 19.8. The molecule has 0 spiro atoms. The largest absolute Gasteiger partial charge is 0.396 e. The molecule has 1 aliphatic carbocycles. The lowest BCUT2D eigenvalue weighted by Crippen LogP contribution is -2.44. The highest BCUT2D eigenvalue weighted by atomic mass is 19.1. The van der Waals surface area contributed by atoms with Crippen molar-refractivity contribution in [1.29, 1.82) is 0 Å². The number of aliphatic hydroxyl groups is 1. The van der Waals surface area contributed by atoms with Crippen molar-refractivity contribution in [3.8, 4) is 0 Å². The molecule has 2 aromatic rings. The number of aliphatic hydroxyl groups excluding tert-OH is 1. The number of carbonyl (C=O) groups is 1. The van der Waals surface area contributed by atoms with E-state index in [-0.39, 0.29) is 24.4 Å². The fraction of sp³-hybridized carbons (Fsp3) is 0.500. The van der Waals surface area contributed by atoms with Crippen molar-refractivity contribution in [3.05, 3.63) is 41.3 Å². The average Bonchev–Trinajstić information content (AvgIpc) is 3.46. The Labute approximate surface area is 146 Å². The van der Waals surface area contributed by atoms with Crippen LogP contribution in [0.5, 0.6) is 0 Å². The van der Waals surface area contributed by atoms with Crippen LogP contribution in [0.25, 0.3) is 10.9 Å². The summed E-state index contributed by atoms with van der Waals surface area (Å²) in [6.07, 6.45) is 5.76. The minimum absolute atomic E-state index is 0.0574. The standard InChI is InChI=1S/C20H23FN2O2/c21-14-6-7-18-16(11-14)17(12-19(22-18)13-4-5-13)20(25)23-9-2-1-3-15(23)8-10-24/h6-7,11-13,15,24H,1-5,8-10H2. The molecule has 1 saturated carbocycles. The molecule has 0 bridgehead atoms. The zero-order valence-corrected chi connectivity index (χ0v) is 14.2. The van der Waals surface area contributed by atoms with Crippen LogP contribution in [0.2, 0.25) is 0 Å². The number of hydrogen-bond acceptors (Lipinski definition) is 3. The quantitative estimate of drug-likeness (QED) is 0.923. The number of fused-ring (bicyclic) bond motifs is 1. The maximum absolute atomic E-state index is 13.8. The van der Waals surface area contributed by atoms with Gasteiger partial charge in [0, 0.05) is 36.2 Å². The summed E-state index contributed by atoms with van der Waals surface area (Å²) in [7, 11) is 0. The third-order valence-corrected chi connectivity index (χ3v) is 5.37. The van der Waals surface area contributed by atoms with Crippen molar-refractivity contribution in [2.24, 2.45) is 0 Å². The van der Waals surface area contributed by atoms with Crippen molar-refractivity contribution in [2.75, 3.05) is 13.2 Å². The summed E-state index contributed by atoms with van der Waals surface area (Å²) in [6, 6.07) is 6.40. The molecule has 1 aromatic carbocycles. The highest BCUT2D eigenvalue weighted by Gasteiger charge is 2.31. The number of likely N-dealkylation sites (tertiary alicyclic amines) is 1. The fourth-order valence-electron chi connectivity index (χ4n) is 3.86. The molecule has 1 saturated heterocycles. The van der Waals surface area contributed by atoms with Crippen molar-refractivity contribution in [1.82, 2.24) is 9.88 Å². The molecule has 1 atom stereocenters. The van der Waals surface area contributed by atoms with Crippen LogP contribution >= 0.6 is 0 Å². The lowest BCUT2D eigenvalue weighted by Gasteiger charge is -2.36. The van der Waals surface area contributed by atoms with E-state index in [0.29, 0.717) is 35.3 Å². The van der Waals surface area contributed by atoms with Crippen LogP contribution in [0.15, 0.2) is 24.3 Å². The van der Waals surface area contributed by atoms with Crippen molar-refractivity contribution >= 4 is 16.8 Å².